The summed E-state index contributed by atoms with van der Waals surface area (Å²) in [6.45, 7) is 2.71. The van der Waals surface area contributed by atoms with Gasteiger partial charge in [0.25, 0.3) is 0 Å². The first-order valence-corrected chi connectivity index (χ1v) is 11.3. The van der Waals surface area contributed by atoms with E-state index in [0.29, 0.717) is 6.54 Å². The smallest absolute Gasteiger partial charge is 0.314 e. The third kappa shape index (κ3) is 3.34. The molecule has 1 N–H and O–H groups in total. The van der Waals surface area contributed by atoms with E-state index in [-0.39, 0.29) is 18.0 Å². The molecule has 140 valence electrons. The van der Waals surface area contributed by atoms with Gasteiger partial charge >= 0.3 is 5.69 Å². The number of rotatable bonds is 5. The second-order valence-corrected chi connectivity index (χ2v) is 9.56. The number of benzene rings is 2. The summed E-state index contributed by atoms with van der Waals surface area (Å²) in [5.74, 6) is 3.22. The summed E-state index contributed by atoms with van der Waals surface area (Å²) >= 11 is 1.68. The maximum Gasteiger partial charge on any atom is 0.329 e. The van der Waals surface area contributed by atoms with Crippen LogP contribution >= 0.6 is 11.3 Å². The molecule has 7 heteroatoms. The highest BCUT2D eigenvalue weighted by atomic mass is 32.2. The van der Waals surface area contributed by atoms with Crippen LogP contribution in [0.4, 0.5) is 0 Å². The van der Waals surface area contributed by atoms with Crippen molar-refractivity contribution in [3.63, 3.8) is 0 Å². The van der Waals surface area contributed by atoms with Gasteiger partial charge in [-0.2, -0.15) is 0 Å². The minimum absolute atomic E-state index is 0.0542. The number of fused-ring (bicyclic) bond motifs is 2. The maximum atomic E-state index is 13.1. The molecule has 4 rings (SSSR count). The van der Waals surface area contributed by atoms with Crippen molar-refractivity contribution in [1.82, 2.24) is 9.13 Å². The molecule has 2 heterocycles. The summed E-state index contributed by atoms with van der Waals surface area (Å²) < 4.78 is 25.6. The monoisotopic (exact) mass is 400 g/mol. The highest BCUT2D eigenvalue weighted by molar-refractivity contribution is 7.95. The molecule has 1 atom stereocenters. The van der Waals surface area contributed by atoms with Gasteiger partial charge in [-0.15, -0.1) is 11.3 Å². The number of thiophene rings is 1. The number of aromatic nitrogens is 2. The standard InChI is InChI=1S/C20H20N2O3S2/c1-14-6-5-9-18-19(14)15(13-26-18)12-22-17-8-4-3-7-16(17)21(20(22)23)10-11-27(2,24)25/h3-9,13H,2,10-12H2,1H3,(H,24,25). The second-order valence-electron chi connectivity index (χ2n) is 6.69. The number of imidazole rings is 1. The summed E-state index contributed by atoms with van der Waals surface area (Å²) in [7, 11) is -3.15. The number of aryl methyl sites for hydroxylation is 2. The zero-order valence-corrected chi connectivity index (χ0v) is 16.6. The van der Waals surface area contributed by atoms with Crippen LogP contribution < -0.4 is 5.69 Å². The van der Waals surface area contributed by atoms with E-state index in [2.05, 4.69) is 30.3 Å². The fraction of sp³-hybridized carbons (Fsp3) is 0.200. The molecule has 0 radical (unpaired) electrons. The van der Waals surface area contributed by atoms with E-state index in [1.165, 1.54) is 15.6 Å². The zero-order valence-electron chi connectivity index (χ0n) is 14.9. The number of hydrogen-bond donors (Lipinski definition) is 1. The van der Waals surface area contributed by atoms with Crippen LogP contribution in [0.15, 0.2) is 52.6 Å². The number of hydrogen-bond acceptors (Lipinski definition) is 3. The third-order valence-corrected chi connectivity index (χ3v) is 6.59. The Morgan fingerprint density at radius 3 is 2.52 bits per heavy atom. The van der Waals surface area contributed by atoms with Gasteiger partial charge in [-0.3, -0.25) is 9.13 Å². The third-order valence-electron chi connectivity index (χ3n) is 4.77. The molecule has 0 bridgehead atoms. The van der Waals surface area contributed by atoms with E-state index >= 15 is 0 Å². The lowest BCUT2D eigenvalue weighted by atomic mass is 10.1. The first-order valence-electron chi connectivity index (χ1n) is 8.56. The summed E-state index contributed by atoms with van der Waals surface area (Å²) in [5.41, 5.74) is 3.72. The predicted molar refractivity (Wildman–Crippen MR) is 115 cm³/mol. The van der Waals surface area contributed by atoms with Gasteiger partial charge in [0.15, 0.2) is 0 Å². The number of para-hydroxylation sites is 2. The fourth-order valence-electron chi connectivity index (χ4n) is 3.51. The van der Waals surface area contributed by atoms with Gasteiger partial charge in [0, 0.05) is 16.6 Å². The van der Waals surface area contributed by atoms with Gasteiger partial charge < -0.3 is 4.55 Å². The lowest BCUT2D eigenvalue weighted by Gasteiger charge is -2.05. The Labute approximate surface area is 161 Å². The van der Waals surface area contributed by atoms with Crippen molar-refractivity contribution in [2.24, 2.45) is 0 Å². The zero-order chi connectivity index (χ0) is 19.2. The summed E-state index contributed by atoms with van der Waals surface area (Å²) in [6.07, 6.45) is 0. The highest BCUT2D eigenvalue weighted by Crippen LogP contribution is 2.29. The van der Waals surface area contributed by atoms with Crippen LogP contribution in [-0.2, 0) is 22.9 Å². The van der Waals surface area contributed by atoms with Crippen LogP contribution in [0, 0.1) is 6.92 Å². The molecule has 1 unspecified atom stereocenters. The average Bonchev–Trinajstić information content (AvgIpc) is 3.14. The van der Waals surface area contributed by atoms with Crippen molar-refractivity contribution < 1.29 is 8.76 Å². The van der Waals surface area contributed by atoms with Crippen molar-refractivity contribution in [1.29, 1.82) is 0 Å². The Balaban J connectivity index is 1.84. The Morgan fingerprint density at radius 1 is 1.11 bits per heavy atom. The lowest BCUT2D eigenvalue weighted by molar-refractivity contribution is 0.552. The van der Waals surface area contributed by atoms with Crippen LogP contribution in [0.5, 0.6) is 0 Å². The van der Waals surface area contributed by atoms with Crippen molar-refractivity contribution in [3.05, 3.63) is 69.5 Å². The number of nitrogens with zero attached hydrogens (tertiary/aromatic N) is 2. The molecule has 2 aromatic heterocycles. The van der Waals surface area contributed by atoms with Crippen molar-refractivity contribution in [2.75, 3.05) is 5.75 Å². The van der Waals surface area contributed by atoms with Gasteiger partial charge in [-0.1, -0.05) is 24.3 Å². The molecule has 0 spiro atoms. The molecule has 0 aliphatic rings. The molecule has 5 nitrogen and oxygen atoms in total. The van der Waals surface area contributed by atoms with Crippen LogP contribution in [0.1, 0.15) is 11.1 Å². The lowest BCUT2D eigenvalue weighted by Crippen LogP contribution is -2.27. The summed E-state index contributed by atoms with van der Waals surface area (Å²) in [4.78, 5) is 13.1. The largest absolute Gasteiger partial charge is 0.329 e. The van der Waals surface area contributed by atoms with Crippen LogP contribution in [0.2, 0.25) is 0 Å². The first kappa shape index (κ1) is 18.0. The fourth-order valence-corrected chi connectivity index (χ4v) is 5.00. The molecule has 0 amide bonds. The van der Waals surface area contributed by atoms with E-state index < -0.39 is 9.80 Å². The van der Waals surface area contributed by atoms with Crippen molar-refractivity contribution in [2.45, 2.75) is 20.0 Å². The van der Waals surface area contributed by atoms with Gasteiger partial charge in [-0.25, -0.2) is 9.00 Å². The SMILES string of the molecule is C=S(=O)(O)CCn1c(=O)n(Cc2csc3cccc(C)c23)c2ccccc21. The molecule has 4 aromatic rings. The molecular weight excluding hydrogens is 380 g/mol. The van der Waals surface area contributed by atoms with Crippen LogP contribution in [-0.4, -0.2) is 29.5 Å². The molecule has 0 aliphatic carbocycles. The van der Waals surface area contributed by atoms with E-state index in [4.69, 9.17) is 0 Å². The van der Waals surface area contributed by atoms with Crippen LogP contribution in [0.3, 0.4) is 0 Å². The van der Waals surface area contributed by atoms with Gasteiger partial charge in [0.1, 0.15) is 0 Å². The molecule has 0 saturated heterocycles. The van der Waals surface area contributed by atoms with E-state index in [0.717, 1.165) is 16.6 Å². The molecule has 0 fully saturated rings. The Hall–Kier alpha value is -2.35. The topological polar surface area (TPSA) is 64.2 Å². The summed E-state index contributed by atoms with van der Waals surface area (Å²) in [6, 6.07) is 13.8. The molecule has 2 aromatic carbocycles. The van der Waals surface area contributed by atoms with Crippen LogP contribution in [0.25, 0.3) is 21.1 Å². The quantitative estimate of drug-likeness (QED) is 0.521. The minimum atomic E-state index is -3.15. The first-order chi connectivity index (χ1) is 12.8. The molecule has 27 heavy (non-hydrogen) atoms. The van der Waals surface area contributed by atoms with E-state index in [9.17, 15) is 13.6 Å². The average molecular weight is 401 g/mol. The predicted octanol–water partition coefficient (Wildman–Crippen LogP) is 3.56. The van der Waals surface area contributed by atoms with Gasteiger partial charge in [-0.05, 0) is 47.5 Å². The normalized spacial score (nSPS) is 14.0. The Bertz CT molecular complexity index is 1310. The van der Waals surface area contributed by atoms with E-state index in [1.807, 2.05) is 30.3 Å². The van der Waals surface area contributed by atoms with Gasteiger partial charge in [0.05, 0.1) is 33.1 Å². The maximum absolute atomic E-state index is 13.1. The van der Waals surface area contributed by atoms with Crippen molar-refractivity contribution in [3.8, 4) is 0 Å². The van der Waals surface area contributed by atoms with E-state index in [1.54, 1.807) is 20.5 Å². The molecule has 0 saturated carbocycles. The van der Waals surface area contributed by atoms with Crippen molar-refractivity contribution >= 4 is 48.1 Å². The second kappa shape index (κ2) is 6.67. The minimum Gasteiger partial charge on any atom is -0.314 e. The summed E-state index contributed by atoms with van der Waals surface area (Å²) in [5, 5.41) is 3.30. The molecular formula is C20H20N2O3S2. The highest BCUT2D eigenvalue weighted by Gasteiger charge is 2.16. The Kier molecular flexibility index (Phi) is 4.46. The van der Waals surface area contributed by atoms with Gasteiger partial charge in [0.2, 0.25) is 0 Å². The molecule has 0 aliphatic heterocycles. The Morgan fingerprint density at radius 2 is 1.81 bits per heavy atom.